The Morgan fingerprint density at radius 2 is 1.97 bits per heavy atom. The van der Waals surface area contributed by atoms with E-state index in [1.807, 2.05) is 41.8 Å². The minimum Gasteiger partial charge on any atom is -0.480 e. The number of carbonyl (C=O) groups is 2. The van der Waals surface area contributed by atoms with Crippen LogP contribution in [0.2, 0.25) is 0 Å². The van der Waals surface area contributed by atoms with Crippen LogP contribution >= 0.6 is 0 Å². The highest BCUT2D eigenvalue weighted by Crippen LogP contribution is 2.46. The Labute approximate surface area is 176 Å². The van der Waals surface area contributed by atoms with E-state index in [4.69, 9.17) is 4.52 Å². The second-order valence-electron chi connectivity index (χ2n) is 8.86. The van der Waals surface area contributed by atoms with E-state index in [0.29, 0.717) is 31.2 Å². The molecular weight excluding hydrogens is 382 g/mol. The van der Waals surface area contributed by atoms with E-state index in [2.05, 4.69) is 17.3 Å². The van der Waals surface area contributed by atoms with Gasteiger partial charge < -0.3 is 14.5 Å². The van der Waals surface area contributed by atoms with Crippen molar-refractivity contribution < 1.29 is 19.2 Å². The van der Waals surface area contributed by atoms with Crippen LogP contribution in [0.25, 0.3) is 0 Å². The molecule has 7 heteroatoms. The molecule has 160 valence electrons. The summed E-state index contributed by atoms with van der Waals surface area (Å²) in [5, 5.41) is 13.2. The van der Waals surface area contributed by atoms with E-state index in [-0.39, 0.29) is 17.9 Å². The molecular formula is C23H29N3O4. The summed E-state index contributed by atoms with van der Waals surface area (Å²) in [7, 11) is 0. The van der Waals surface area contributed by atoms with Gasteiger partial charge in [-0.1, -0.05) is 35.5 Å². The average molecular weight is 412 g/mol. The number of hydrogen-bond donors (Lipinski definition) is 1. The number of amides is 1. The topological polar surface area (TPSA) is 86.9 Å². The van der Waals surface area contributed by atoms with Crippen molar-refractivity contribution in [2.45, 2.75) is 33.1 Å². The van der Waals surface area contributed by atoms with Crippen molar-refractivity contribution in [2.24, 2.45) is 11.3 Å². The predicted octanol–water partition coefficient (Wildman–Crippen LogP) is 2.31. The van der Waals surface area contributed by atoms with Crippen molar-refractivity contribution in [2.75, 3.05) is 32.7 Å². The van der Waals surface area contributed by atoms with Crippen molar-refractivity contribution in [1.82, 2.24) is 15.0 Å². The molecule has 0 aliphatic carbocycles. The first-order valence-electron chi connectivity index (χ1n) is 10.5. The zero-order valence-electron chi connectivity index (χ0n) is 17.6. The molecule has 2 atom stereocenters. The van der Waals surface area contributed by atoms with Gasteiger partial charge in [0.2, 0.25) is 5.91 Å². The molecule has 30 heavy (non-hydrogen) atoms. The summed E-state index contributed by atoms with van der Waals surface area (Å²) in [5.41, 5.74) is 2.87. The highest BCUT2D eigenvalue weighted by atomic mass is 16.5. The lowest BCUT2D eigenvalue weighted by Gasteiger charge is -2.29. The number of rotatable bonds is 7. The molecule has 2 aliphatic rings. The molecule has 2 saturated heterocycles. The second kappa shape index (κ2) is 8.22. The highest BCUT2D eigenvalue weighted by Gasteiger charge is 2.53. The number of carbonyl (C=O) groups excluding carboxylic acids is 1. The third-order valence-electron chi connectivity index (χ3n) is 6.80. The molecule has 2 aromatic rings. The van der Waals surface area contributed by atoms with Gasteiger partial charge in [-0.25, -0.2) is 0 Å². The predicted molar refractivity (Wildman–Crippen MR) is 111 cm³/mol. The second-order valence-corrected chi connectivity index (χ2v) is 8.86. The Morgan fingerprint density at radius 1 is 1.20 bits per heavy atom. The summed E-state index contributed by atoms with van der Waals surface area (Å²) in [5.74, 6) is 0.308. The molecule has 3 heterocycles. The van der Waals surface area contributed by atoms with E-state index in [9.17, 15) is 14.7 Å². The number of carboxylic acid groups (broad SMARTS) is 1. The lowest BCUT2D eigenvalue weighted by molar-refractivity contribution is -0.138. The van der Waals surface area contributed by atoms with Crippen molar-refractivity contribution in [3.63, 3.8) is 0 Å². The maximum atomic E-state index is 13.1. The smallest absolute Gasteiger partial charge is 0.317 e. The van der Waals surface area contributed by atoms with Gasteiger partial charge in [0.25, 0.3) is 0 Å². The first-order chi connectivity index (χ1) is 14.4. The first-order valence-corrected chi connectivity index (χ1v) is 10.5. The molecule has 0 spiro atoms. The minimum atomic E-state index is -0.792. The third-order valence-corrected chi connectivity index (χ3v) is 6.80. The van der Waals surface area contributed by atoms with Gasteiger partial charge in [0.1, 0.15) is 5.76 Å². The van der Waals surface area contributed by atoms with Crippen molar-refractivity contribution in [3.05, 3.63) is 52.9 Å². The molecule has 2 fully saturated rings. The fraction of sp³-hybridized carbons (Fsp3) is 0.522. The van der Waals surface area contributed by atoms with Gasteiger partial charge in [0.15, 0.2) is 0 Å². The van der Waals surface area contributed by atoms with Crippen LogP contribution in [0, 0.1) is 25.2 Å². The van der Waals surface area contributed by atoms with Crippen molar-refractivity contribution >= 4 is 11.9 Å². The van der Waals surface area contributed by atoms with E-state index in [1.54, 1.807) is 0 Å². The monoisotopic (exact) mass is 411 g/mol. The molecule has 0 bridgehead atoms. The van der Waals surface area contributed by atoms with E-state index in [1.165, 1.54) is 5.56 Å². The van der Waals surface area contributed by atoms with E-state index in [0.717, 1.165) is 37.2 Å². The number of nitrogens with zero attached hydrogens (tertiary/aromatic N) is 3. The lowest BCUT2D eigenvalue weighted by atomic mass is 9.76. The quantitative estimate of drug-likeness (QED) is 0.752. The molecule has 0 radical (unpaired) electrons. The van der Waals surface area contributed by atoms with Crippen LogP contribution in [-0.2, 0) is 22.4 Å². The Morgan fingerprint density at radius 3 is 2.63 bits per heavy atom. The van der Waals surface area contributed by atoms with Crippen LogP contribution < -0.4 is 0 Å². The number of hydrogen-bond acceptors (Lipinski definition) is 5. The maximum absolute atomic E-state index is 13.1. The van der Waals surface area contributed by atoms with Crippen LogP contribution in [0.15, 0.2) is 34.9 Å². The Kier molecular flexibility index (Phi) is 5.64. The Hall–Kier alpha value is -2.67. The van der Waals surface area contributed by atoms with E-state index >= 15 is 0 Å². The lowest BCUT2D eigenvalue weighted by Crippen LogP contribution is -2.39. The molecule has 0 unspecified atom stereocenters. The fourth-order valence-electron chi connectivity index (χ4n) is 5.20. The SMILES string of the molecule is Cc1noc(C)c1CC(=O)N1C[C@@H]2CN(CC(=O)O)C[C@]2(CCc2ccccc2)C1. The average Bonchev–Trinajstić information content (AvgIpc) is 3.32. The standard InChI is InChI=1S/C23H29N3O4/c1-16-20(17(2)30-24-16)10-21(27)26-12-19-11-25(13-22(28)29)14-23(19,15-26)9-8-18-6-4-3-5-7-18/h3-7,19H,8-15H2,1-2H3,(H,28,29)/t19-,23+/m0/s1. The van der Waals surface area contributed by atoms with Gasteiger partial charge in [-0.2, -0.15) is 0 Å². The summed E-state index contributed by atoms with van der Waals surface area (Å²) in [4.78, 5) is 28.3. The molecule has 1 N–H and O–H groups in total. The first kappa shape index (κ1) is 20.6. The molecule has 1 aromatic carbocycles. The molecule has 2 aliphatic heterocycles. The number of aliphatic carboxylic acids is 1. The summed E-state index contributed by atoms with van der Waals surface area (Å²) in [6.45, 7) is 6.60. The van der Waals surface area contributed by atoms with Gasteiger partial charge >= 0.3 is 5.97 Å². The Balaban J connectivity index is 1.48. The molecule has 7 nitrogen and oxygen atoms in total. The number of benzene rings is 1. The summed E-state index contributed by atoms with van der Waals surface area (Å²) >= 11 is 0. The normalized spacial score (nSPS) is 23.7. The number of aromatic nitrogens is 1. The van der Waals surface area contributed by atoms with Gasteiger partial charge in [-0.3, -0.25) is 14.5 Å². The van der Waals surface area contributed by atoms with Crippen LogP contribution in [0.3, 0.4) is 0 Å². The third kappa shape index (κ3) is 4.12. The maximum Gasteiger partial charge on any atom is 0.317 e. The molecule has 0 saturated carbocycles. The van der Waals surface area contributed by atoms with Gasteiger partial charge in [-0.15, -0.1) is 0 Å². The molecule has 1 amide bonds. The zero-order valence-corrected chi connectivity index (χ0v) is 17.6. The Bertz CT molecular complexity index is 906. The highest BCUT2D eigenvalue weighted by molar-refractivity contribution is 5.79. The summed E-state index contributed by atoms with van der Waals surface area (Å²) < 4.78 is 5.21. The summed E-state index contributed by atoms with van der Waals surface area (Å²) in [6.07, 6.45) is 2.19. The number of aryl methyl sites for hydroxylation is 3. The number of likely N-dealkylation sites (tertiary alicyclic amines) is 2. The van der Waals surface area contributed by atoms with Crippen molar-refractivity contribution in [3.8, 4) is 0 Å². The minimum absolute atomic E-state index is 0.0559. The van der Waals surface area contributed by atoms with Gasteiger partial charge in [-0.05, 0) is 38.2 Å². The van der Waals surface area contributed by atoms with Gasteiger partial charge in [0.05, 0.1) is 18.7 Å². The van der Waals surface area contributed by atoms with Crippen LogP contribution in [0.4, 0.5) is 0 Å². The zero-order chi connectivity index (χ0) is 21.3. The largest absolute Gasteiger partial charge is 0.480 e. The van der Waals surface area contributed by atoms with Crippen LogP contribution in [0.5, 0.6) is 0 Å². The fourth-order valence-corrected chi connectivity index (χ4v) is 5.20. The van der Waals surface area contributed by atoms with Crippen LogP contribution in [0.1, 0.15) is 29.0 Å². The summed E-state index contributed by atoms with van der Waals surface area (Å²) in [6, 6.07) is 10.4. The van der Waals surface area contributed by atoms with E-state index < -0.39 is 5.97 Å². The van der Waals surface area contributed by atoms with Crippen LogP contribution in [-0.4, -0.2) is 64.7 Å². The molecule has 1 aromatic heterocycles. The molecule has 4 rings (SSSR count). The number of carboxylic acids is 1. The van der Waals surface area contributed by atoms with Crippen molar-refractivity contribution in [1.29, 1.82) is 0 Å². The van der Waals surface area contributed by atoms with Gasteiger partial charge in [0, 0.05) is 37.2 Å². The number of fused-ring (bicyclic) bond motifs is 1.